The van der Waals surface area contributed by atoms with Crippen molar-refractivity contribution in [2.24, 2.45) is 0 Å². The molecule has 0 spiro atoms. The Labute approximate surface area is 188 Å². The Bertz CT molecular complexity index is 1240. The predicted molar refractivity (Wildman–Crippen MR) is 125 cm³/mol. The maximum Gasteiger partial charge on any atom is 0.256 e. The molecule has 1 unspecified atom stereocenters. The normalized spacial score (nSPS) is 12.1. The number of carbonyl (C=O) groups excluding carboxylic acids is 1. The zero-order chi connectivity index (χ0) is 21.3. The lowest BCUT2D eigenvalue weighted by Crippen LogP contribution is -2.12. The standard InChI is InChI=1S/C24H20BrClN2O2/c1-3-14(2)15-9-11-22-21(12-15)28-24(30-22)16-8-10-19(26)20(13-16)27-23(29)17-6-4-5-7-18(17)25/h4-14H,3H2,1-2H3,(H,27,29). The zero-order valence-corrected chi connectivity index (χ0v) is 18.9. The van der Waals surface area contributed by atoms with E-state index in [2.05, 4.69) is 52.2 Å². The Morgan fingerprint density at radius 3 is 2.73 bits per heavy atom. The highest BCUT2D eigenvalue weighted by Gasteiger charge is 2.15. The van der Waals surface area contributed by atoms with Crippen molar-refractivity contribution in [2.75, 3.05) is 5.32 Å². The molecule has 152 valence electrons. The van der Waals surface area contributed by atoms with E-state index in [1.54, 1.807) is 18.2 Å². The van der Waals surface area contributed by atoms with Gasteiger partial charge in [-0.05, 0) is 76.3 Å². The molecule has 0 radical (unpaired) electrons. The molecule has 0 aliphatic carbocycles. The van der Waals surface area contributed by atoms with Crippen molar-refractivity contribution < 1.29 is 9.21 Å². The number of anilines is 1. The molecule has 0 aliphatic rings. The van der Waals surface area contributed by atoms with E-state index in [9.17, 15) is 4.79 Å². The third-order valence-electron chi connectivity index (χ3n) is 5.17. The first-order valence-electron chi connectivity index (χ1n) is 9.72. The second kappa shape index (κ2) is 8.62. The van der Waals surface area contributed by atoms with Crippen LogP contribution in [0.5, 0.6) is 0 Å². The predicted octanol–water partition coefficient (Wildman–Crippen LogP) is 7.68. The topological polar surface area (TPSA) is 55.1 Å². The minimum Gasteiger partial charge on any atom is -0.436 e. The maximum atomic E-state index is 12.7. The number of benzene rings is 3. The number of carbonyl (C=O) groups is 1. The van der Waals surface area contributed by atoms with Gasteiger partial charge in [0.05, 0.1) is 16.3 Å². The van der Waals surface area contributed by atoms with Crippen molar-refractivity contribution in [1.82, 2.24) is 4.98 Å². The highest BCUT2D eigenvalue weighted by molar-refractivity contribution is 9.10. The van der Waals surface area contributed by atoms with Crippen LogP contribution in [0.2, 0.25) is 5.02 Å². The molecule has 1 aromatic heterocycles. The lowest BCUT2D eigenvalue weighted by atomic mass is 9.98. The van der Waals surface area contributed by atoms with Gasteiger partial charge in [0.1, 0.15) is 5.52 Å². The second-order valence-electron chi connectivity index (χ2n) is 7.18. The molecule has 4 aromatic rings. The number of aromatic nitrogens is 1. The fraction of sp³-hybridized carbons (Fsp3) is 0.167. The first-order valence-corrected chi connectivity index (χ1v) is 10.9. The van der Waals surface area contributed by atoms with Crippen molar-refractivity contribution >= 4 is 50.2 Å². The van der Waals surface area contributed by atoms with Gasteiger partial charge in [0.25, 0.3) is 5.91 Å². The summed E-state index contributed by atoms with van der Waals surface area (Å²) in [5.41, 5.74) is 4.55. The van der Waals surface area contributed by atoms with E-state index in [0.717, 1.165) is 23.1 Å². The molecule has 1 N–H and O–H groups in total. The van der Waals surface area contributed by atoms with Crippen molar-refractivity contribution in [3.63, 3.8) is 0 Å². The molecule has 0 fully saturated rings. The van der Waals surface area contributed by atoms with E-state index in [1.165, 1.54) is 5.56 Å². The number of nitrogens with zero attached hydrogens (tertiary/aromatic N) is 1. The third kappa shape index (κ3) is 4.13. The molecule has 3 aromatic carbocycles. The summed E-state index contributed by atoms with van der Waals surface area (Å²) in [4.78, 5) is 17.3. The summed E-state index contributed by atoms with van der Waals surface area (Å²) in [6.07, 6.45) is 1.06. The SMILES string of the molecule is CCC(C)c1ccc2oc(-c3ccc(Cl)c(NC(=O)c4ccccc4Br)c3)nc2c1. The fourth-order valence-electron chi connectivity index (χ4n) is 3.20. The highest BCUT2D eigenvalue weighted by Crippen LogP contribution is 2.32. The fourth-order valence-corrected chi connectivity index (χ4v) is 3.83. The molecule has 0 saturated heterocycles. The van der Waals surface area contributed by atoms with Gasteiger partial charge in [0, 0.05) is 10.0 Å². The summed E-state index contributed by atoms with van der Waals surface area (Å²) >= 11 is 9.73. The van der Waals surface area contributed by atoms with E-state index in [1.807, 2.05) is 30.3 Å². The molecule has 0 aliphatic heterocycles. The van der Waals surface area contributed by atoms with E-state index >= 15 is 0 Å². The molecular weight excluding hydrogens is 464 g/mol. The highest BCUT2D eigenvalue weighted by atomic mass is 79.9. The number of hydrogen-bond acceptors (Lipinski definition) is 3. The van der Waals surface area contributed by atoms with Crippen LogP contribution in [0.25, 0.3) is 22.6 Å². The molecule has 30 heavy (non-hydrogen) atoms. The van der Waals surface area contributed by atoms with Crippen LogP contribution in [0.4, 0.5) is 5.69 Å². The van der Waals surface area contributed by atoms with Crippen LogP contribution in [0.15, 0.2) is 69.6 Å². The van der Waals surface area contributed by atoms with Crippen LogP contribution < -0.4 is 5.32 Å². The van der Waals surface area contributed by atoms with Gasteiger partial charge >= 0.3 is 0 Å². The molecule has 1 amide bonds. The van der Waals surface area contributed by atoms with Gasteiger partial charge in [-0.15, -0.1) is 0 Å². The van der Waals surface area contributed by atoms with Gasteiger partial charge in [0.2, 0.25) is 5.89 Å². The van der Waals surface area contributed by atoms with Gasteiger partial charge in [-0.25, -0.2) is 4.98 Å². The van der Waals surface area contributed by atoms with Crippen LogP contribution in [0.1, 0.15) is 42.1 Å². The molecule has 1 atom stereocenters. The maximum absolute atomic E-state index is 12.7. The first kappa shape index (κ1) is 20.6. The Morgan fingerprint density at radius 2 is 1.97 bits per heavy atom. The van der Waals surface area contributed by atoms with Crippen molar-refractivity contribution in [3.05, 3.63) is 81.3 Å². The minimum atomic E-state index is -0.253. The number of halogens is 2. The summed E-state index contributed by atoms with van der Waals surface area (Å²) in [5.74, 6) is 0.695. The Morgan fingerprint density at radius 1 is 1.17 bits per heavy atom. The molecule has 0 bridgehead atoms. The quantitative estimate of drug-likeness (QED) is 0.317. The number of rotatable bonds is 5. The lowest BCUT2D eigenvalue weighted by Gasteiger charge is -2.09. The van der Waals surface area contributed by atoms with Crippen LogP contribution in [0, 0.1) is 0 Å². The van der Waals surface area contributed by atoms with Crippen LogP contribution in [-0.4, -0.2) is 10.9 Å². The number of nitrogens with one attached hydrogen (secondary N) is 1. The summed E-state index contributed by atoms with van der Waals surface area (Å²) in [7, 11) is 0. The number of oxazole rings is 1. The van der Waals surface area contributed by atoms with Crippen molar-refractivity contribution in [1.29, 1.82) is 0 Å². The summed E-state index contributed by atoms with van der Waals surface area (Å²) in [6.45, 7) is 4.36. The van der Waals surface area contributed by atoms with Crippen LogP contribution in [-0.2, 0) is 0 Å². The van der Waals surface area contributed by atoms with E-state index in [0.29, 0.717) is 32.6 Å². The second-order valence-corrected chi connectivity index (χ2v) is 8.45. The zero-order valence-electron chi connectivity index (χ0n) is 16.6. The van der Waals surface area contributed by atoms with Gasteiger partial charge < -0.3 is 9.73 Å². The third-order valence-corrected chi connectivity index (χ3v) is 6.19. The molecule has 0 saturated carbocycles. The molecular formula is C24H20BrClN2O2. The van der Waals surface area contributed by atoms with Crippen molar-refractivity contribution in [3.8, 4) is 11.5 Å². The average Bonchev–Trinajstić information content (AvgIpc) is 3.18. The number of amides is 1. The van der Waals surface area contributed by atoms with Gasteiger partial charge in [-0.1, -0.05) is 43.6 Å². The Balaban J connectivity index is 1.66. The smallest absolute Gasteiger partial charge is 0.256 e. The van der Waals surface area contributed by atoms with E-state index < -0.39 is 0 Å². The van der Waals surface area contributed by atoms with Crippen molar-refractivity contribution in [2.45, 2.75) is 26.2 Å². The summed E-state index contributed by atoms with van der Waals surface area (Å²) < 4.78 is 6.67. The van der Waals surface area contributed by atoms with Gasteiger partial charge in [-0.2, -0.15) is 0 Å². The van der Waals surface area contributed by atoms with Gasteiger partial charge in [-0.3, -0.25) is 4.79 Å². The summed E-state index contributed by atoms with van der Waals surface area (Å²) in [6, 6.07) is 18.7. The Kier molecular flexibility index (Phi) is 5.93. The van der Waals surface area contributed by atoms with E-state index in [4.69, 9.17) is 16.0 Å². The molecule has 1 heterocycles. The monoisotopic (exact) mass is 482 g/mol. The van der Waals surface area contributed by atoms with Gasteiger partial charge in [0.15, 0.2) is 5.58 Å². The summed E-state index contributed by atoms with van der Waals surface area (Å²) in [5, 5.41) is 3.31. The first-order chi connectivity index (χ1) is 14.5. The number of hydrogen-bond donors (Lipinski definition) is 1. The largest absolute Gasteiger partial charge is 0.436 e. The van der Waals surface area contributed by atoms with E-state index in [-0.39, 0.29) is 5.91 Å². The molecule has 4 nitrogen and oxygen atoms in total. The lowest BCUT2D eigenvalue weighted by molar-refractivity contribution is 0.102. The molecule has 6 heteroatoms. The molecule has 4 rings (SSSR count). The number of fused-ring (bicyclic) bond motifs is 1. The van der Waals surface area contributed by atoms with Crippen LogP contribution >= 0.6 is 27.5 Å². The average molecular weight is 484 g/mol. The minimum absolute atomic E-state index is 0.253. The Hall–Kier alpha value is -2.63. The van der Waals surface area contributed by atoms with Crippen LogP contribution in [0.3, 0.4) is 0 Å².